The van der Waals surface area contributed by atoms with Crippen LogP contribution in [0.4, 0.5) is 5.69 Å². The Morgan fingerprint density at radius 1 is 1.19 bits per heavy atom. The normalized spacial score (nSPS) is 16.8. The molecule has 1 fully saturated rings. The van der Waals surface area contributed by atoms with Crippen molar-refractivity contribution in [3.63, 3.8) is 0 Å². The molecule has 1 aliphatic heterocycles. The minimum Gasteiger partial charge on any atom is -0.495 e. The second-order valence-corrected chi connectivity index (χ2v) is 5.59. The van der Waals surface area contributed by atoms with Crippen molar-refractivity contribution in [2.45, 2.75) is 25.4 Å². The number of H-pyrrole nitrogens is 1. The summed E-state index contributed by atoms with van der Waals surface area (Å²) in [6.07, 6.45) is 4.32. The van der Waals surface area contributed by atoms with Gasteiger partial charge in [0.2, 0.25) is 0 Å². The van der Waals surface area contributed by atoms with E-state index in [0.29, 0.717) is 6.04 Å². The topological polar surface area (TPSA) is 40.3 Å². The first-order valence-electron chi connectivity index (χ1n) is 7.59. The number of methoxy groups -OCH3 is 1. The molecule has 4 nitrogen and oxygen atoms in total. The van der Waals surface area contributed by atoms with Crippen molar-refractivity contribution in [2.24, 2.45) is 0 Å². The summed E-state index contributed by atoms with van der Waals surface area (Å²) in [6, 6.07) is 12.9. The minimum atomic E-state index is 0.529. The van der Waals surface area contributed by atoms with Crippen LogP contribution >= 0.6 is 0 Å². The van der Waals surface area contributed by atoms with E-state index in [4.69, 9.17) is 4.74 Å². The fourth-order valence-electron chi connectivity index (χ4n) is 2.93. The van der Waals surface area contributed by atoms with E-state index in [1.54, 1.807) is 7.11 Å². The molecule has 1 saturated heterocycles. The number of benzene rings is 1. The first kappa shape index (κ1) is 14.0. The van der Waals surface area contributed by atoms with Crippen LogP contribution in [0.2, 0.25) is 0 Å². The average Bonchev–Trinajstić information content (AvgIpc) is 3.03. The molecule has 0 aliphatic carbocycles. The zero-order valence-corrected chi connectivity index (χ0v) is 12.5. The number of nitrogens with one attached hydrogen (secondary N) is 2. The maximum atomic E-state index is 5.40. The summed E-state index contributed by atoms with van der Waals surface area (Å²) in [7, 11) is 1.72. The van der Waals surface area contributed by atoms with Crippen LogP contribution in [-0.4, -0.2) is 36.1 Å². The number of nitrogens with zero attached hydrogens (tertiary/aromatic N) is 1. The molecule has 1 aliphatic rings. The molecule has 0 saturated carbocycles. The average molecular weight is 285 g/mol. The summed E-state index contributed by atoms with van der Waals surface area (Å²) in [6.45, 7) is 3.28. The molecule has 1 aromatic heterocycles. The fraction of sp³-hybridized carbons (Fsp3) is 0.412. The van der Waals surface area contributed by atoms with Gasteiger partial charge in [0.1, 0.15) is 5.75 Å². The number of rotatable bonds is 5. The number of hydrogen-bond acceptors (Lipinski definition) is 3. The lowest BCUT2D eigenvalue weighted by atomic mass is 10.0. The number of aromatic nitrogens is 1. The van der Waals surface area contributed by atoms with E-state index >= 15 is 0 Å². The van der Waals surface area contributed by atoms with Crippen LogP contribution in [-0.2, 0) is 6.54 Å². The van der Waals surface area contributed by atoms with Crippen LogP contribution in [0.15, 0.2) is 42.6 Å². The highest BCUT2D eigenvalue weighted by Gasteiger charge is 2.20. The van der Waals surface area contributed by atoms with Gasteiger partial charge in [0, 0.05) is 37.6 Å². The Balaban J connectivity index is 1.51. The number of piperidine rings is 1. The van der Waals surface area contributed by atoms with E-state index in [1.807, 2.05) is 24.4 Å². The maximum absolute atomic E-state index is 5.40. The smallest absolute Gasteiger partial charge is 0.141 e. The van der Waals surface area contributed by atoms with Crippen LogP contribution in [0.25, 0.3) is 0 Å². The lowest BCUT2D eigenvalue weighted by Gasteiger charge is -2.32. The van der Waals surface area contributed by atoms with Gasteiger partial charge in [0.05, 0.1) is 12.8 Å². The first-order chi connectivity index (χ1) is 10.3. The van der Waals surface area contributed by atoms with Gasteiger partial charge in [0.25, 0.3) is 0 Å². The Morgan fingerprint density at radius 2 is 2.00 bits per heavy atom. The molecule has 3 rings (SSSR count). The molecule has 2 aromatic rings. The van der Waals surface area contributed by atoms with Crippen molar-refractivity contribution in [1.29, 1.82) is 0 Å². The summed E-state index contributed by atoms with van der Waals surface area (Å²) in [5.41, 5.74) is 2.40. The second-order valence-electron chi connectivity index (χ2n) is 5.59. The summed E-state index contributed by atoms with van der Waals surface area (Å²) in [5, 5.41) is 3.62. The number of hydrogen-bond donors (Lipinski definition) is 2. The quantitative estimate of drug-likeness (QED) is 0.887. The van der Waals surface area contributed by atoms with Crippen LogP contribution in [0.3, 0.4) is 0 Å². The van der Waals surface area contributed by atoms with Gasteiger partial charge < -0.3 is 15.0 Å². The van der Waals surface area contributed by atoms with Crippen molar-refractivity contribution < 1.29 is 4.74 Å². The van der Waals surface area contributed by atoms with Gasteiger partial charge in [-0.25, -0.2) is 0 Å². The Bertz CT molecular complexity index is 545. The Kier molecular flexibility index (Phi) is 4.46. The molecule has 4 heteroatoms. The zero-order chi connectivity index (χ0) is 14.5. The molecular weight excluding hydrogens is 262 g/mol. The molecule has 0 radical (unpaired) electrons. The molecule has 0 spiro atoms. The lowest BCUT2D eigenvalue weighted by Crippen LogP contribution is -2.38. The van der Waals surface area contributed by atoms with Crippen LogP contribution in [0, 0.1) is 0 Å². The third-order valence-corrected chi connectivity index (χ3v) is 4.11. The maximum Gasteiger partial charge on any atom is 0.141 e. The molecule has 1 aromatic carbocycles. The minimum absolute atomic E-state index is 0.529. The van der Waals surface area contributed by atoms with Gasteiger partial charge in [-0.05, 0) is 37.1 Å². The van der Waals surface area contributed by atoms with E-state index in [9.17, 15) is 0 Å². The van der Waals surface area contributed by atoms with Crippen molar-refractivity contribution in [2.75, 3.05) is 25.5 Å². The van der Waals surface area contributed by atoms with E-state index in [1.165, 1.54) is 18.5 Å². The van der Waals surface area contributed by atoms with Gasteiger partial charge >= 0.3 is 0 Å². The Labute approximate surface area is 126 Å². The third-order valence-electron chi connectivity index (χ3n) is 4.11. The standard InChI is InChI=1S/C17H23N3O/c1-21-17-7-3-2-6-16(17)19-14-8-11-20(12-9-14)13-15-5-4-10-18-15/h2-7,10,14,18-19H,8-9,11-13H2,1H3. The number of likely N-dealkylation sites (tertiary alicyclic amines) is 1. The van der Waals surface area contributed by atoms with Crippen molar-refractivity contribution >= 4 is 5.69 Å². The largest absolute Gasteiger partial charge is 0.495 e. The van der Waals surface area contributed by atoms with Gasteiger partial charge in [-0.3, -0.25) is 4.90 Å². The summed E-state index contributed by atoms with van der Waals surface area (Å²) >= 11 is 0. The Morgan fingerprint density at radius 3 is 2.71 bits per heavy atom. The predicted octanol–water partition coefficient (Wildman–Crippen LogP) is 3.10. The van der Waals surface area contributed by atoms with Crippen LogP contribution < -0.4 is 10.1 Å². The van der Waals surface area contributed by atoms with E-state index in [2.05, 4.69) is 33.4 Å². The van der Waals surface area contributed by atoms with Gasteiger partial charge in [0.15, 0.2) is 0 Å². The zero-order valence-electron chi connectivity index (χ0n) is 12.5. The van der Waals surface area contributed by atoms with E-state index in [-0.39, 0.29) is 0 Å². The molecule has 0 bridgehead atoms. The molecule has 2 N–H and O–H groups in total. The fourth-order valence-corrected chi connectivity index (χ4v) is 2.93. The monoisotopic (exact) mass is 285 g/mol. The highest BCUT2D eigenvalue weighted by molar-refractivity contribution is 5.56. The first-order valence-corrected chi connectivity index (χ1v) is 7.59. The summed E-state index contributed by atoms with van der Waals surface area (Å²) < 4.78 is 5.40. The van der Waals surface area contributed by atoms with E-state index < -0.39 is 0 Å². The number of ether oxygens (including phenoxy) is 1. The van der Waals surface area contributed by atoms with E-state index in [0.717, 1.165) is 31.1 Å². The second kappa shape index (κ2) is 6.68. The van der Waals surface area contributed by atoms with Crippen LogP contribution in [0.5, 0.6) is 5.75 Å². The van der Waals surface area contributed by atoms with Crippen molar-refractivity contribution in [1.82, 2.24) is 9.88 Å². The predicted molar refractivity (Wildman–Crippen MR) is 85.7 cm³/mol. The summed E-state index contributed by atoms with van der Waals surface area (Å²) in [4.78, 5) is 5.78. The molecule has 2 heterocycles. The SMILES string of the molecule is COc1ccccc1NC1CCN(Cc2ccc[nH]2)CC1. The van der Waals surface area contributed by atoms with Gasteiger partial charge in [-0.2, -0.15) is 0 Å². The summed E-state index contributed by atoms with van der Waals surface area (Å²) in [5.74, 6) is 0.923. The van der Waals surface area contributed by atoms with Crippen molar-refractivity contribution in [3.8, 4) is 5.75 Å². The van der Waals surface area contributed by atoms with Gasteiger partial charge in [-0.15, -0.1) is 0 Å². The molecule has 21 heavy (non-hydrogen) atoms. The molecular formula is C17H23N3O. The van der Waals surface area contributed by atoms with Crippen molar-refractivity contribution in [3.05, 3.63) is 48.3 Å². The number of anilines is 1. The molecule has 0 atom stereocenters. The highest BCUT2D eigenvalue weighted by Crippen LogP contribution is 2.26. The lowest BCUT2D eigenvalue weighted by molar-refractivity contribution is 0.209. The number of aromatic amines is 1. The highest BCUT2D eigenvalue weighted by atomic mass is 16.5. The van der Waals surface area contributed by atoms with Gasteiger partial charge in [-0.1, -0.05) is 12.1 Å². The molecule has 0 amide bonds. The van der Waals surface area contributed by atoms with Crippen LogP contribution in [0.1, 0.15) is 18.5 Å². The molecule has 112 valence electrons. The number of para-hydroxylation sites is 2. The molecule has 0 unspecified atom stereocenters. The third kappa shape index (κ3) is 3.58. The Hall–Kier alpha value is -1.94.